The summed E-state index contributed by atoms with van der Waals surface area (Å²) in [7, 11) is -3.93. The summed E-state index contributed by atoms with van der Waals surface area (Å²) < 4.78 is 27.4. The summed E-state index contributed by atoms with van der Waals surface area (Å²) in [6.07, 6.45) is 0. The number of sulfonamides is 1. The molecule has 0 heterocycles. The predicted octanol–water partition coefficient (Wildman–Crippen LogP) is 3.96. The van der Waals surface area contributed by atoms with E-state index in [0.717, 1.165) is 21.0 Å². The quantitative estimate of drug-likeness (QED) is 0.753. The number of nitrogens with zero attached hydrogens (tertiary/aromatic N) is 1. The van der Waals surface area contributed by atoms with Gasteiger partial charge in [-0.25, -0.2) is 8.42 Å². The van der Waals surface area contributed by atoms with E-state index in [1.165, 1.54) is 19.1 Å². The van der Waals surface area contributed by atoms with Gasteiger partial charge < -0.3 is 0 Å². The van der Waals surface area contributed by atoms with Gasteiger partial charge in [-0.05, 0) is 68.6 Å². The number of benzene rings is 2. The second-order valence-corrected chi connectivity index (χ2v) is 8.00. The molecule has 0 aromatic heterocycles. The molecule has 128 valence electrons. The van der Waals surface area contributed by atoms with Crippen molar-refractivity contribution in [3.05, 3.63) is 59.2 Å². The molecule has 0 bridgehead atoms. The third kappa shape index (κ3) is 3.47. The molecule has 2 rings (SSSR count). The van der Waals surface area contributed by atoms with E-state index < -0.39 is 21.3 Å². The first-order valence-electron chi connectivity index (χ1n) is 7.53. The Morgan fingerprint density at radius 1 is 1.04 bits per heavy atom. The van der Waals surface area contributed by atoms with Gasteiger partial charge in [-0.15, -0.1) is 0 Å². The summed E-state index contributed by atoms with van der Waals surface area (Å²) in [5.74, 6) is 0. The Kier molecular flexibility index (Phi) is 5.35. The zero-order chi connectivity index (χ0) is 18.1. The molecule has 0 aliphatic heterocycles. The van der Waals surface area contributed by atoms with Gasteiger partial charge in [0, 0.05) is 0 Å². The molecule has 0 amide bonds. The molecule has 1 atom stereocenters. The van der Waals surface area contributed by atoms with Crippen LogP contribution >= 0.6 is 11.6 Å². The zero-order valence-corrected chi connectivity index (χ0v) is 15.6. The molecule has 4 nitrogen and oxygen atoms in total. The normalized spacial score (nSPS) is 12.7. The van der Waals surface area contributed by atoms with Gasteiger partial charge in [0.1, 0.15) is 6.04 Å². The van der Waals surface area contributed by atoms with Crippen molar-refractivity contribution in [1.82, 2.24) is 0 Å². The van der Waals surface area contributed by atoms with Crippen molar-refractivity contribution in [1.29, 1.82) is 0 Å². The molecule has 0 N–H and O–H groups in total. The first kappa shape index (κ1) is 18.5. The summed E-state index contributed by atoms with van der Waals surface area (Å²) in [5, 5.41) is -0.730. The van der Waals surface area contributed by atoms with Gasteiger partial charge in [0.2, 0.25) is 5.24 Å². The van der Waals surface area contributed by atoms with Crippen molar-refractivity contribution in [2.45, 2.75) is 38.6 Å². The summed E-state index contributed by atoms with van der Waals surface area (Å²) in [5.41, 5.74) is 3.13. The molecule has 0 spiro atoms. The van der Waals surface area contributed by atoms with Gasteiger partial charge in [-0.1, -0.05) is 29.8 Å². The molecular formula is C18H20ClNO3S. The van der Waals surface area contributed by atoms with Crippen molar-refractivity contribution in [2.75, 3.05) is 4.31 Å². The second kappa shape index (κ2) is 6.95. The van der Waals surface area contributed by atoms with Gasteiger partial charge >= 0.3 is 0 Å². The summed E-state index contributed by atoms with van der Waals surface area (Å²) in [6, 6.07) is 10.8. The Bertz CT molecular complexity index is 860. The Hall–Kier alpha value is -1.85. The van der Waals surface area contributed by atoms with E-state index in [1.807, 2.05) is 26.8 Å². The van der Waals surface area contributed by atoms with Crippen LogP contribution in [0, 0.1) is 20.8 Å². The lowest BCUT2D eigenvalue weighted by molar-refractivity contribution is -0.112. The molecule has 2 aromatic carbocycles. The number of aryl methyl sites for hydroxylation is 2. The largest absolute Gasteiger partial charge is 0.279 e. The number of halogens is 1. The molecule has 2 aromatic rings. The summed E-state index contributed by atoms with van der Waals surface area (Å²) >= 11 is 5.64. The van der Waals surface area contributed by atoms with Crippen LogP contribution in [0.2, 0.25) is 0 Å². The highest BCUT2D eigenvalue weighted by Crippen LogP contribution is 2.31. The molecule has 1 unspecified atom stereocenters. The minimum Gasteiger partial charge on any atom is -0.279 e. The summed E-state index contributed by atoms with van der Waals surface area (Å²) in [6.45, 7) is 7.09. The maximum atomic E-state index is 13.2. The minimum absolute atomic E-state index is 0.124. The fourth-order valence-electron chi connectivity index (χ4n) is 2.44. The van der Waals surface area contributed by atoms with Crippen LogP contribution in [0.4, 0.5) is 5.69 Å². The molecule has 0 fully saturated rings. The lowest BCUT2D eigenvalue weighted by Crippen LogP contribution is -2.42. The highest BCUT2D eigenvalue weighted by molar-refractivity contribution is 7.93. The highest BCUT2D eigenvalue weighted by Gasteiger charge is 2.33. The third-order valence-corrected chi connectivity index (χ3v) is 6.29. The van der Waals surface area contributed by atoms with Crippen LogP contribution in [-0.2, 0) is 14.8 Å². The predicted molar refractivity (Wildman–Crippen MR) is 97.1 cm³/mol. The fourth-order valence-corrected chi connectivity index (χ4v) is 4.27. The van der Waals surface area contributed by atoms with Gasteiger partial charge in [-0.3, -0.25) is 9.10 Å². The van der Waals surface area contributed by atoms with Crippen molar-refractivity contribution in [3.8, 4) is 0 Å². The molecule has 6 heteroatoms. The lowest BCUT2D eigenvalue weighted by atomic mass is 10.1. The van der Waals surface area contributed by atoms with E-state index in [9.17, 15) is 13.2 Å². The minimum atomic E-state index is -3.93. The molecule has 0 aliphatic rings. The van der Waals surface area contributed by atoms with Gasteiger partial charge in [0.15, 0.2) is 0 Å². The number of hydrogen-bond acceptors (Lipinski definition) is 3. The molecular weight excluding hydrogens is 346 g/mol. The number of carbonyl (C=O) groups is 1. The van der Waals surface area contributed by atoms with Gasteiger partial charge in [0.05, 0.1) is 10.6 Å². The first-order chi connectivity index (χ1) is 11.2. The Morgan fingerprint density at radius 2 is 1.62 bits per heavy atom. The highest BCUT2D eigenvalue weighted by atomic mass is 35.5. The number of anilines is 1. The smallest absolute Gasteiger partial charge is 0.265 e. The molecule has 0 aliphatic carbocycles. The van der Waals surface area contributed by atoms with E-state index in [0.29, 0.717) is 5.69 Å². The monoisotopic (exact) mass is 365 g/mol. The Balaban J connectivity index is 2.69. The van der Waals surface area contributed by atoms with Crippen LogP contribution in [-0.4, -0.2) is 19.7 Å². The maximum Gasteiger partial charge on any atom is 0.265 e. The summed E-state index contributed by atoms with van der Waals surface area (Å²) in [4.78, 5) is 11.9. The average molecular weight is 366 g/mol. The van der Waals surface area contributed by atoms with Crippen LogP contribution in [0.3, 0.4) is 0 Å². The van der Waals surface area contributed by atoms with Gasteiger partial charge in [-0.2, -0.15) is 0 Å². The number of hydrogen-bond donors (Lipinski definition) is 0. The SMILES string of the molecule is Cc1ccc(S(=O)(=O)N(c2cccc(C)c2C)C(C)C(=O)Cl)cc1. The number of carbonyl (C=O) groups excluding carboxylic acids is 1. The van der Waals surface area contributed by atoms with Crippen molar-refractivity contribution in [3.63, 3.8) is 0 Å². The van der Waals surface area contributed by atoms with Crippen molar-refractivity contribution >= 4 is 32.6 Å². The first-order valence-corrected chi connectivity index (χ1v) is 9.34. The van der Waals surface area contributed by atoms with Crippen LogP contribution < -0.4 is 4.31 Å². The Morgan fingerprint density at radius 3 is 2.17 bits per heavy atom. The van der Waals surface area contributed by atoms with Crippen molar-refractivity contribution < 1.29 is 13.2 Å². The van der Waals surface area contributed by atoms with Crippen LogP contribution in [0.5, 0.6) is 0 Å². The zero-order valence-electron chi connectivity index (χ0n) is 14.1. The Labute approximate surface area is 148 Å². The van der Waals surface area contributed by atoms with Crippen molar-refractivity contribution in [2.24, 2.45) is 0 Å². The molecule has 0 radical (unpaired) electrons. The topological polar surface area (TPSA) is 54.5 Å². The van der Waals surface area contributed by atoms with E-state index in [4.69, 9.17) is 11.6 Å². The van der Waals surface area contributed by atoms with Crippen LogP contribution in [0.1, 0.15) is 23.6 Å². The van der Waals surface area contributed by atoms with Crippen LogP contribution in [0.15, 0.2) is 47.4 Å². The molecule has 24 heavy (non-hydrogen) atoms. The van der Waals surface area contributed by atoms with Crippen LogP contribution in [0.25, 0.3) is 0 Å². The third-order valence-electron chi connectivity index (χ3n) is 4.07. The second-order valence-electron chi connectivity index (χ2n) is 5.81. The fraction of sp³-hybridized carbons (Fsp3) is 0.278. The molecule has 0 saturated heterocycles. The van der Waals surface area contributed by atoms with E-state index in [2.05, 4.69) is 0 Å². The van der Waals surface area contributed by atoms with E-state index in [1.54, 1.807) is 24.3 Å². The molecule has 0 saturated carbocycles. The standard InChI is InChI=1S/C18H20ClNO3S/c1-12-8-10-16(11-9-12)24(22,23)20(15(4)18(19)21)17-7-5-6-13(2)14(17)3/h5-11,15H,1-4H3. The van der Waals surface area contributed by atoms with Gasteiger partial charge in [0.25, 0.3) is 10.0 Å². The average Bonchev–Trinajstić information content (AvgIpc) is 2.51. The number of rotatable bonds is 5. The van der Waals surface area contributed by atoms with E-state index >= 15 is 0 Å². The van der Waals surface area contributed by atoms with E-state index in [-0.39, 0.29) is 4.90 Å². The lowest BCUT2D eigenvalue weighted by Gasteiger charge is -2.30. The maximum absolute atomic E-state index is 13.2.